The van der Waals surface area contributed by atoms with E-state index >= 15 is 0 Å². The van der Waals surface area contributed by atoms with E-state index in [1.54, 1.807) is 11.3 Å². The van der Waals surface area contributed by atoms with E-state index in [2.05, 4.69) is 15.2 Å². The van der Waals surface area contributed by atoms with E-state index in [4.69, 9.17) is 9.47 Å². The number of halogens is 3. The fourth-order valence-corrected chi connectivity index (χ4v) is 6.84. The van der Waals surface area contributed by atoms with E-state index in [9.17, 15) is 22.8 Å². The highest BCUT2D eigenvalue weighted by Gasteiger charge is 2.42. The highest BCUT2D eigenvalue weighted by atomic mass is 32.1. The van der Waals surface area contributed by atoms with Crippen molar-refractivity contribution in [2.45, 2.75) is 56.2 Å². The van der Waals surface area contributed by atoms with Gasteiger partial charge < -0.3 is 19.7 Å². The lowest BCUT2D eigenvalue weighted by atomic mass is 9.96. The van der Waals surface area contributed by atoms with E-state index in [-0.39, 0.29) is 48.9 Å². The molecule has 1 aromatic heterocycles. The van der Waals surface area contributed by atoms with Gasteiger partial charge in [0.1, 0.15) is 0 Å². The molecule has 0 spiro atoms. The van der Waals surface area contributed by atoms with Gasteiger partial charge in [-0.25, -0.2) is 4.98 Å². The molecule has 6 rings (SSSR count). The van der Waals surface area contributed by atoms with Crippen LogP contribution in [0.15, 0.2) is 23.7 Å². The molecule has 3 aliphatic heterocycles. The molecule has 3 unspecified atom stereocenters. The summed E-state index contributed by atoms with van der Waals surface area (Å²) in [5.41, 5.74) is 2.63. The van der Waals surface area contributed by atoms with Crippen LogP contribution in [0.25, 0.3) is 0 Å². The first-order valence-corrected chi connectivity index (χ1v) is 13.8. The Kier molecular flexibility index (Phi) is 6.91. The van der Waals surface area contributed by atoms with E-state index in [1.807, 2.05) is 5.51 Å². The molecule has 204 valence electrons. The van der Waals surface area contributed by atoms with Gasteiger partial charge in [0.2, 0.25) is 5.91 Å². The number of carbonyl (C=O) groups excluding carboxylic acids is 2. The number of aryl methyl sites for hydroxylation is 1. The Bertz CT molecular complexity index is 1220. The van der Waals surface area contributed by atoms with Gasteiger partial charge in [-0.1, -0.05) is 6.07 Å². The molecule has 1 aromatic carbocycles. The number of likely N-dealkylation sites (tertiary alicyclic amines) is 1. The molecular formula is C26H29F3N4O4S. The van der Waals surface area contributed by atoms with Gasteiger partial charge in [-0.2, -0.15) is 13.2 Å². The van der Waals surface area contributed by atoms with Gasteiger partial charge in [0, 0.05) is 37.8 Å². The van der Waals surface area contributed by atoms with Crippen molar-refractivity contribution in [2.75, 3.05) is 39.4 Å². The minimum Gasteiger partial charge on any atom is -0.380 e. The van der Waals surface area contributed by atoms with Gasteiger partial charge in [-0.3, -0.25) is 14.5 Å². The van der Waals surface area contributed by atoms with Crippen LogP contribution in [0.5, 0.6) is 0 Å². The monoisotopic (exact) mass is 550 g/mol. The van der Waals surface area contributed by atoms with Crippen LogP contribution in [0, 0.1) is 0 Å². The highest BCUT2D eigenvalue weighted by Crippen LogP contribution is 2.38. The van der Waals surface area contributed by atoms with Gasteiger partial charge in [-0.15, -0.1) is 11.3 Å². The summed E-state index contributed by atoms with van der Waals surface area (Å²) in [6, 6.07) is 3.24. The van der Waals surface area contributed by atoms with E-state index in [1.165, 1.54) is 11.0 Å². The molecule has 0 bridgehead atoms. The normalized spacial score (nSPS) is 27.6. The number of rotatable bonds is 6. The zero-order valence-electron chi connectivity index (χ0n) is 20.7. The fourth-order valence-electron chi connectivity index (χ4n) is 5.93. The Hall–Kier alpha value is -2.54. The van der Waals surface area contributed by atoms with Crippen molar-refractivity contribution in [3.8, 4) is 0 Å². The van der Waals surface area contributed by atoms with Gasteiger partial charge in [-0.05, 0) is 43.4 Å². The van der Waals surface area contributed by atoms with Crippen LogP contribution < -0.4 is 5.32 Å². The molecule has 2 aromatic rings. The molecule has 12 heteroatoms. The average molecular weight is 551 g/mol. The predicted octanol–water partition coefficient (Wildman–Crippen LogP) is 2.82. The standard InChI is InChI=1S/C26H29F3N4O4S/c27-26(28,29)16-2-1-15-5-7-32(25(35)18(15)9-16)12-23(34)31-20-10-33(17-6-8-36-13-17)11-22(20)37-21-4-3-19-24(21)38-14-30-19/h1-2,9,14,17,20-22H,3-8,10-13H2,(H,31,34)/t17?,20?,21?,22-/m0/s1. The van der Waals surface area contributed by atoms with Crippen LogP contribution >= 0.6 is 11.3 Å². The van der Waals surface area contributed by atoms with E-state index in [0.29, 0.717) is 38.3 Å². The second kappa shape index (κ2) is 10.2. The largest absolute Gasteiger partial charge is 0.416 e. The number of aromatic nitrogens is 1. The van der Waals surface area contributed by atoms with Crippen LogP contribution in [0.2, 0.25) is 0 Å². The number of fused-ring (bicyclic) bond motifs is 2. The Morgan fingerprint density at radius 1 is 1.24 bits per heavy atom. The average Bonchev–Trinajstić information content (AvgIpc) is 3.67. The maximum atomic E-state index is 13.2. The Morgan fingerprint density at radius 2 is 2.11 bits per heavy atom. The summed E-state index contributed by atoms with van der Waals surface area (Å²) in [6.45, 7) is 2.70. The third-order valence-corrected chi connectivity index (χ3v) is 8.91. The summed E-state index contributed by atoms with van der Waals surface area (Å²) in [4.78, 5) is 35.3. The van der Waals surface area contributed by atoms with Crippen molar-refractivity contribution in [2.24, 2.45) is 0 Å². The molecule has 2 fully saturated rings. The second-order valence-corrected chi connectivity index (χ2v) is 11.2. The third-order valence-electron chi connectivity index (χ3n) is 7.95. The number of nitrogens with zero attached hydrogens (tertiary/aromatic N) is 3. The smallest absolute Gasteiger partial charge is 0.380 e. The number of hydrogen-bond donors (Lipinski definition) is 1. The summed E-state index contributed by atoms with van der Waals surface area (Å²) in [5.74, 6) is -0.901. The highest BCUT2D eigenvalue weighted by molar-refractivity contribution is 7.09. The lowest BCUT2D eigenvalue weighted by Crippen LogP contribution is -2.50. The minimum atomic E-state index is -4.54. The van der Waals surface area contributed by atoms with E-state index < -0.39 is 17.6 Å². The molecular weight excluding hydrogens is 521 g/mol. The number of thiazole rings is 1. The van der Waals surface area contributed by atoms with Gasteiger partial charge in [0.05, 0.1) is 53.0 Å². The summed E-state index contributed by atoms with van der Waals surface area (Å²) < 4.78 is 51.7. The quantitative estimate of drug-likeness (QED) is 0.596. The molecule has 2 saturated heterocycles. The van der Waals surface area contributed by atoms with Crippen molar-refractivity contribution in [1.29, 1.82) is 0 Å². The van der Waals surface area contributed by atoms with Crippen molar-refractivity contribution >= 4 is 23.2 Å². The van der Waals surface area contributed by atoms with Crippen molar-refractivity contribution in [1.82, 2.24) is 20.1 Å². The summed E-state index contributed by atoms with van der Waals surface area (Å²) in [5, 5.41) is 3.07. The number of amides is 2. The number of carbonyl (C=O) groups is 2. The number of hydrogen-bond acceptors (Lipinski definition) is 7. The first kappa shape index (κ1) is 25.7. The summed E-state index contributed by atoms with van der Waals surface area (Å²) >= 11 is 1.59. The molecule has 8 nitrogen and oxygen atoms in total. The van der Waals surface area contributed by atoms with Crippen LogP contribution in [-0.4, -0.2) is 84.2 Å². The third kappa shape index (κ3) is 5.06. The molecule has 2 amide bonds. The maximum absolute atomic E-state index is 13.2. The number of nitrogens with one attached hydrogen (secondary N) is 1. The van der Waals surface area contributed by atoms with Crippen LogP contribution in [0.3, 0.4) is 0 Å². The van der Waals surface area contributed by atoms with E-state index in [0.717, 1.165) is 42.0 Å². The summed E-state index contributed by atoms with van der Waals surface area (Å²) in [7, 11) is 0. The van der Waals surface area contributed by atoms with Crippen molar-refractivity contribution in [3.63, 3.8) is 0 Å². The van der Waals surface area contributed by atoms with Gasteiger partial charge in [0.15, 0.2) is 0 Å². The maximum Gasteiger partial charge on any atom is 0.416 e. The van der Waals surface area contributed by atoms with Crippen LogP contribution in [0.4, 0.5) is 13.2 Å². The fraction of sp³-hybridized carbons (Fsp3) is 0.577. The Balaban J connectivity index is 1.13. The first-order chi connectivity index (χ1) is 18.3. The molecule has 1 N–H and O–H groups in total. The van der Waals surface area contributed by atoms with Crippen LogP contribution in [-0.2, 0) is 33.3 Å². The molecule has 38 heavy (non-hydrogen) atoms. The molecule has 4 aliphatic rings. The molecule has 1 aliphatic carbocycles. The number of ether oxygens (including phenoxy) is 2. The molecule has 0 radical (unpaired) electrons. The lowest BCUT2D eigenvalue weighted by molar-refractivity contribution is -0.137. The molecule has 0 saturated carbocycles. The van der Waals surface area contributed by atoms with Crippen molar-refractivity contribution in [3.05, 3.63) is 51.0 Å². The topological polar surface area (TPSA) is 84.0 Å². The zero-order valence-corrected chi connectivity index (χ0v) is 21.5. The number of alkyl halides is 3. The van der Waals surface area contributed by atoms with Gasteiger partial charge in [0.25, 0.3) is 5.91 Å². The SMILES string of the molecule is O=C(CN1CCc2ccc(C(F)(F)F)cc2C1=O)NC1CN(C2CCOC2)C[C@@H]1OC1CCc2ncsc21. The zero-order chi connectivity index (χ0) is 26.4. The first-order valence-electron chi connectivity index (χ1n) is 12.9. The molecule has 4 heterocycles. The predicted molar refractivity (Wildman–Crippen MR) is 132 cm³/mol. The molecule has 4 atom stereocenters. The Labute approximate surface area is 222 Å². The summed E-state index contributed by atoms with van der Waals surface area (Å²) in [6.07, 6.45) is -1.76. The minimum absolute atomic E-state index is 0.00922. The Morgan fingerprint density at radius 3 is 2.89 bits per heavy atom. The lowest BCUT2D eigenvalue weighted by Gasteiger charge is -2.30. The second-order valence-electron chi connectivity index (χ2n) is 10.4. The van der Waals surface area contributed by atoms with Gasteiger partial charge >= 0.3 is 6.18 Å². The number of benzene rings is 1. The van der Waals surface area contributed by atoms with Crippen molar-refractivity contribution < 1.29 is 32.2 Å². The van der Waals surface area contributed by atoms with Crippen LogP contribution in [0.1, 0.15) is 51.0 Å².